The smallest absolute Gasteiger partial charge is 0.0196 e. The summed E-state index contributed by atoms with van der Waals surface area (Å²) < 4.78 is 0. The Balaban J connectivity index is 1.71. The fourth-order valence-electron chi connectivity index (χ4n) is 3.20. The summed E-state index contributed by atoms with van der Waals surface area (Å²) in [6, 6.07) is 0. The molecule has 0 aromatic heterocycles. The standard InChI is InChI=1S/C16H23N/c1-2-17-12-15(11-16(13-17)8-9-16)10-14-6-4-3-5-7-14/h3-4,6,11H,2,5,7-10,12-13H2,1H3. The molecule has 0 aromatic rings. The van der Waals surface area contributed by atoms with Crippen molar-refractivity contribution in [3.8, 4) is 0 Å². The van der Waals surface area contributed by atoms with Gasteiger partial charge < -0.3 is 0 Å². The molecular weight excluding hydrogens is 206 g/mol. The second kappa shape index (κ2) is 4.45. The number of likely N-dealkylation sites (N-methyl/N-ethyl adjacent to an activating group) is 1. The van der Waals surface area contributed by atoms with E-state index in [1.807, 2.05) is 0 Å². The second-order valence-electron chi connectivity index (χ2n) is 5.94. The van der Waals surface area contributed by atoms with Crippen molar-refractivity contribution < 1.29 is 0 Å². The highest BCUT2D eigenvalue weighted by atomic mass is 15.1. The third kappa shape index (κ3) is 2.55. The van der Waals surface area contributed by atoms with E-state index in [2.05, 4.69) is 36.1 Å². The lowest BCUT2D eigenvalue weighted by atomic mass is 9.91. The van der Waals surface area contributed by atoms with Crippen molar-refractivity contribution in [2.24, 2.45) is 5.41 Å². The van der Waals surface area contributed by atoms with Gasteiger partial charge in [0.1, 0.15) is 0 Å². The first-order chi connectivity index (χ1) is 8.30. The first-order valence-electron chi connectivity index (χ1n) is 7.07. The molecule has 3 aliphatic rings. The highest BCUT2D eigenvalue weighted by Crippen LogP contribution is 2.50. The van der Waals surface area contributed by atoms with Crippen LogP contribution in [0.2, 0.25) is 0 Å². The molecule has 1 heterocycles. The van der Waals surface area contributed by atoms with Crippen LogP contribution in [0, 0.1) is 5.41 Å². The molecule has 0 radical (unpaired) electrons. The van der Waals surface area contributed by atoms with Gasteiger partial charge in [-0.1, -0.05) is 42.4 Å². The molecular formula is C16H23N. The van der Waals surface area contributed by atoms with Gasteiger partial charge in [0.05, 0.1) is 0 Å². The number of allylic oxidation sites excluding steroid dienone is 4. The summed E-state index contributed by atoms with van der Waals surface area (Å²) in [5.41, 5.74) is 3.90. The highest BCUT2D eigenvalue weighted by molar-refractivity contribution is 5.29. The van der Waals surface area contributed by atoms with Crippen molar-refractivity contribution in [1.29, 1.82) is 0 Å². The molecule has 1 fully saturated rings. The SMILES string of the molecule is CCN1CC(CC2=CC=CCC2)=CC2(CC2)C1. The maximum absolute atomic E-state index is 2.63. The number of rotatable bonds is 3. The Bertz CT molecular complexity index is 382. The van der Waals surface area contributed by atoms with Crippen LogP contribution < -0.4 is 0 Å². The molecule has 0 saturated heterocycles. The van der Waals surface area contributed by atoms with Gasteiger partial charge in [-0.3, -0.25) is 4.90 Å². The molecule has 0 unspecified atom stereocenters. The van der Waals surface area contributed by atoms with Crippen LogP contribution in [-0.2, 0) is 0 Å². The van der Waals surface area contributed by atoms with Crippen molar-refractivity contribution in [2.75, 3.05) is 19.6 Å². The quantitative estimate of drug-likeness (QED) is 0.667. The van der Waals surface area contributed by atoms with Crippen molar-refractivity contribution in [3.05, 3.63) is 35.5 Å². The van der Waals surface area contributed by atoms with E-state index in [9.17, 15) is 0 Å². The highest BCUT2D eigenvalue weighted by Gasteiger charge is 2.43. The minimum atomic E-state index is 0.592. The summed E-state index contributed by atoms with van der Waals surface area (Å²) in [4.78, 5) is 2.63. The Morgan fingerprint density at radius 1 is 1.29 bits per heavy atom. The van der Waals surface area contributed by atoms with Crippen molar-refractivity contribution in [3.63, 3.8) is 0 Å². The third-order valence-electron chi connectivity index (χ3n) is 4.37. The Kier molecular flexibility index (Phi) is 2.96. The molecule has 1 saturated carbocycles. The normalized spacial score (nSPS) is 26.9. The zero-order valence-corrected chi connectivity index (χ0v) is 10.9. The fourth-order valence-corrected chi connectivity index (χ4v) is 3.20. The maximum atomic E-state index is 2.63. The van der Waals surface area contributed by atoms with E-state index in [0.717, 1.165) is 0 Å². The molecule has 0 atom stereocenters. The Labute approximate surface area is 105 Å². The van der Waals surface area contributed by atoms with E-state index in [1.165, 1.54) is 51.7 Å². The number of hydrogen-bond acceptors (Lipinski definition) is 1. The van der Waals surface area contributed by atoms with Gasteiger partial charge in [-0.25, -0.2) is 0 Å². The van der Waals surface area contributed by atoms with E-state index in [0.29, 0.717) is 5.41 Å². The van der Waals surface area contributed by atoms with Crippen LogP contribution in [0.25, 0.3) is 0 Å². The lowest BCUT2D eigenvalue weighted by Crippen LogP contribution is -2.35. The Morgan fingerprint density at radius 3 is 2.82 bits per heavy atom. The van der Waals surface area contributed by atoms with Crippen molar-refractivity contribution in [2.45, 2.75) is 39.0 Å². The Morgan fingerprint density at radius 2 is 2.18 bits per heavy atom. The minimum Gasteiger partial charge on any atom is -0.299 e. The zero-order valence-electron chi connectivity index (χ0n) is 10.9. The van der Waals surface area contributed by atoms with Gasteiger partial charge in [-0.2, -0.15) is 0 Å². The average Bonchev–Trinajstić information content (AvgIpc) is 3.09. The van der Waals surface area contributed by atoms with Gasteiger partial charge in [0.25, 0.3) is 0 Å². The summed E-state index contributed by atoms with van der Waals surface area (Å²) in [6.07, 6.45) is 16.0. The topological polar surface area (TPSA) is 3.24 Å². The molecule has 92 valence electrons. The maximum Gasteiger partial charge on any atom is 0.0196 e. The number of nitrogens with zero attached hydrogens (tertiary/aromatic N) is 1. The van der Waals surface area contributed by atoms with Crippen LogP contribution in [0.3, 0.4) is 0 Å². The molecule has 0 N–H and O–H groups in total. The van der Waals surface area contributed by atoms with Gasteiger partial charge in [-0.05, 0) is 38.6 Å². The zero-order chi connectivity index (χ0) is 11.7. The summed E-state index contributed by atoms with van der Waals surface area (Å²) in [7, 11) is 0. The Hall–Kier alpha value is -0.820. The molecule has 3 rings (SSSR count). The van der Waals surface area contributed by atoms with Crippen molar-refractivity contribution >= 4 is 0 Å². The lowest BCUT2D eigenvalue weighted by Gasteiger charge is -2.32. The molecule has 17 heavy (non-hydrogen) atoms. The molecule has 0 amide bonds. The average molecular weight is 229 g/mol. The molecule has 1 heteroatoms. The molecule has 0 bridgehead atoms. The van der Waals surface area contributed by atoms with Gasteiger partial charge in [0.2, 0.25) is 0 Å². The molecule has 1 spiro atoms. The van der Waals surface area contributed by atoms with Gasteiger partial charge in [0.15, 0.2) is 0 Å². The van der Waals surface area contributed by atoms with Gasteiger partial charge in [-0.15, -0.1) is 0 Å². The summed E-state index contributed by atoms with van der Waals surface area (Å²) >= 11 is 0. The molecule has 1 aliphatic heterocycles. The van der Waals surface area contributed by atoms with Gasteiger partial charge >= 0.3 is 0 Å². The first kappa shape index (κ1) is 11.3. The van der Waals surface area contributed by atoms with E-state index >= 15 is 0 Å². The third-order valence-corrected chi connectivity index (χ3v) is 4.37. The summed E-state index contributed by atoms with van der Waals surface area (Å²) in [5.74, 6) is 0. The van der Waals surface area contributed by atoms with Crippen LogP contribution in [0.4, 0.5) is 0 Å². The van der Waals surface area contributed by atoms with E-state index in [-0.39, 0.29) is 0 Å². The largest absolute Gasteiger partial charge is 0.299 e. The second-order valence-corrected chi connectivity index (χ2v) is 5.94. The van der Waals surface area contributed by atoms with Crippen LogP contribution in [0.1, 0.15) is 39.0 Å². The predicted octanol–water partition coefficient (Wildman–Crippen LogP) is 3.70. The summed E-state index contributed by atoms with van der Waals surface area (Å²) in [6.45, 7) is 6.02. The fraction of sp³-hybridized carbons (Fsp3) is 0.625. The first-order valence-corrected chi connectivity index (χ1v) is 7.07. The number of hydrogen-bond donors (Lipinski definition) is 0. The molecule has 0 aromatic carbocycles. The van der Waals surface area contributed by atoms with Crippen molar-refractivity contribution in [1.82, 2.24) is 4.90 Å². The lowest BCUT2D eigenvalue weighted by molar-refractivity contribution is 0.252. The van der Waals surface area contributed by atoms with E-state index < -0.39 is 0 Å². The van der Waals surface area contributed by atoms with Crippen LogP contribution in [0.5, 0.6) is 0 Å². The molecule has 2 aliphatic carbocycles. The van der Waals surface area contributed by atoms with E-state index in [4.69, 9.17) is 0 Å². The van der Waals surface area contributed by atoms with Crippen LogP contribution >= 0.6 is 0 Å². The monoisotopic (exact) mass is 229 g/mol. The minimum absolute atomic E-state index is 0.592. The van der Waals surface area contributed by atoms with Crippen LogP contribution in [0.15, 0.2) is 35.5 Å². The van der Waals surface area contributed by atoms with Crippen LogP contribution in [-0.4, -0.2) is 24.5 Å². The summed E-state index contributed by atoms with van der Waals surface area (Å²) in [5, 5.41) is 0. The van der Waals surface area contributed by atoms with E-state index in [1.54, 1.807) is 11.1 Å². The predicted molar refractivity (Wildman–Crippen MR) is 72.9 cm³/mol. The molecule has 1 nitrogen and oxygen atoms in total. The van der Waals surface area contributed by atoms with Gasteiger partial charge in [0, 0.05) is 18.5 Å².